The molecule has 1 aromatic heterocycles. The number of nitrogens with one attached hydrogen (secondary N) is 2. The Balaban J connectivity index is 1.17. The van der Waals surface area contributed by atoms with E-state index in [-0.39, 0.29) is 12.6 Å². The van der Waals surface area contributed by atoms with Crippen molar-refractivity contribution in [1.82, 2.24) is 15.5 Å². The van der Waals surface area contributed by atoms with Crippen molar-refractivity contribution in [3.63, 3.8) is 0 Å². The summed E-state index contributed by atoms with van der Waals surface area (Å²) >= 11 is 0. The van der Waals surface area contributed by atoms with Gasteiger partial charge in [0.15, 0.2) is 0 Å². The van der Waals surface area contributed by atoms with Gasteiger partial charge in [-0.3, -0.25) is 0 Å². The van der Waals surface area contributed by atoms with Crippen molar-refractivity contribution in [2.45, 2.75) is 6.92 Å². The standard InChI is InChI=1S/C27H26N4O4/c1-2-33-22-12-8-20(9-13-22)25-16-17-26(31-30-25)34-19-18-28-27(32)29-21-10-14-24(15-11-21)35-23-6-4-3-5-7-23/h3-17H,2,18-19H2,1H3,(H2,28,29,32). The van der Waals surface area contributed by atoms with Gasteiger partial charge in [0, 0.05) is 17.3 Å². The van der Waals surface area contributed by atoms with Crippen molar-refractivity contribution in [1.29, 1.82) is 0 Å². The third kappa shape index (κ3) is 7.20. The maximum atomic E-state index is 12.1. The summed E-state index contributed by atoms with van der Waals surface area (Å²) in [6, 6.07) is 27.5. The molecule has 0 aliphatic heterocycles. The van der Waals surface area contributed by atoms with Crippen LogP contribution in [0.3, 0.4) is 0 Å². The molecule has 0 fully saturated rings. The molecule has 0 saturated heterocycles. The van der Waals surface area contributed by atoms with Gasteiger partial charge in [0.25, 0.3) is 0 Å². The zero-order valence-electron chi connectivity index (χ0n) is 19.3. The lowest BCUT2D eigenvalue weighted by Gasteiger charge is -2.10. The van der Waals surface area contributed by atoms with E-state index in [0.717, 1.165) is 22.8 Å². The van der Waals surface area contributed by atoms with Gasteiger partial charge in [-0.05, 0) is 73.7 Å². The van der Waals surface area contributed by atoms with E-state index in [1.54, 1.807) is 30.3 Å². The van der Waals surface area contributed by atoms with Crippen LogP contribution in [0.2, 0.25) is 0 Å². The van der Waals surface area contributed by atoms with Crippen LogP contribution >= 0.6 is 0 Å². The van der Waals surface area contributed by atoms with Gasteiger partial charge in [-0.15, -0.1) is 10.2 Å². The molecule has 8 nitrogen and oxygen atoms in total. The number of hydrogen-bond donors (Lipinski definition) is 2. The molecule has 3 aromatic carbocycles. The second-order valence-corrected chi connectivity index (χ2v) is 7.38. The Kier molecular flexibility index (Phi) is 8.10. The highest BCUT2D eigenvalue weighted by atomic mass is 16.5. The molecule has 0 radical (unpaired) electrons. The van der Waals surface area contributed by atoms with Crippen molar-refractivity contribution < 1.29 is 19.0 Å². The van der Waals surface area contributed by atoms with Gasteiger partial charge in [-0.1, -0.05) is 18.2 Å². The van der Waals surface area contributed by atoms with Crippen molar-refractivity contribution in [2.75, 3.05) is 25.1 Å². The molecule has 0 bridgehead atoms. The number of carbonyl (C=O) groups is 1. The normalized spacial score (nSPS) is 10.3. The Bertz CT molecular complexity index is 1200. The van der Waals surface area contributed by atoms with Gasteiger partial charge in [-0.25, -0.2) is 4.79 Å². The average molecular weight is 471 g/mol. The summed E-state index contributed by atoms with van der Waals surface area (Å²) in [5.74, 6) is 2.64. The van der Waals surface area contributed by atoms with E-state index < -0.39 is 0 Å². The Morgan fingerprint density at radius 1 is 0.771 bits per heavy atom. The summed E-state index contributed by atoms with van der Waals surface area (Å²) < 4.78 is 16.8. The van der Waals surface area contributed by atoms with E-state index >= 15 is 0 Å². The predicted octanol–water partition coefficient (Wildman–Crippen LogP) is 5.54. The first-order valence-corrected chi connectivity index (χ1v) is 11.3. The molecular weight excluding hydrogens is 444 g/mol. The highest BCUT2D eigenvalue weighted by Gasteiger charge is 2.05. The van der Waals surface area contributed by atoms with Crippen molar-refractivity contribution in [3.05, 3.63) is 91.0 Å². The predicted molar refractivity (Wildman–Crippen MR) is 134 cm³/mol. The highest BCUT2D eigenvalue weighted by Crippen LogP contribution is 2.23. The largest absolute Gasteiger partial charge is 0.494 e. The molecule has 0 aliphatic rings. The zero-order valence-corrected chi connectivity index (χ0v) is 19.3. The summed E-state index contributed by atoms with van der Waals surface area (Å²) in [5, 5.41) is 13.8. The minimum absolute atomic E-state index is 0.258. The van der Waals surface area contributed by atoms with Gasteiger partial charge in [0.05, 0.1) is 18.8 Å². The van der Waals surface area contributed by atoms with E-state index in [9.17, 15) is 4.79 Å². The summed E-state index contributed by atoms with van der Waals surface area (Å²) in [5.41, 5.74) is 2.32. The summed E-state index contributed by atoms with van der Waals surface area (Å²) in [7, 11) is 0. The van der Waals surface area contributed by atoms with Crippen LogP contribution in [0.15, 0.2) is 91.0 Å². The number of hydrogen-bond acceptors (Lipinski definition) is 6. The Hall–Kier alpha value is -4.59. The molecule has 178 valence electrons. The van der Waals surface area contributed by atoms with Crippen LogP contribution < -0.4 is 24.8 Å². The van der Waals surface area contributed by atoms with Crippen LogP contribution in [-0.2, 0) is 0 Å². The van der Waals surface area contributed by atoms with Crippen molar-refractivity contribution in [3.8, 4) is 34.4 Å². The third-order valence-electron chi connectivity index (χ3n) is 4.83. The SMILES string of the molecule is CCOc1ccc(-c2ccc(OCCNC(=O)Nc3ccc(Oc4ccccc4)cc3)nn2)cc1. The molecule has 2 amide bonds. The molecule has 0 unspecified atom stereocenters. The third-order valence-corrected chi connectivity index (χ3v) is 4.83. The lowest BCUT2D eigenvalue weighted by Crippen LogP contribution is -2.32. The van der Waals surface area contributed by atoms with Crippen LogP contribution in [0.5, 0.6) is 23.1 Å². The average Bonchev–Trinajstić information content (AvgIpc) is 2.89. The maximum Gasteiger partial charge on any atom is 0.319 e. The van der Waals surface area contributed by atoms with E-state index in [4.69, 9.17) is 14.2 Å². The molecule has 4 rings (SSSR count). The minimum Gasteiger partial charge on any atom is -0.494 e. The smallest absolute Gasteiger partial charge is 0.319 e. The van der Waals surface area contributed by atoms with Crippen LogP contribution in [-0.4, -0.2) is 36.0 Å². The second kappa shape index (κ2) is 12.0. The fraction of sp³-hybridized carbons (Fsp3) is 0.148. The van der Waals surface area contributed by atoms with Crippen LogP contribution in [0.4, 0.5) is 10.5 Å². The van der Waals surface area contributed by atoms with Gasteiger partial charge in [0.2, 0.25) is 5.88 Å². The number of rotatable bonds is 10. The quantitative estimate of drug-likeness (QED) is 0.296. The molecule has 1 heterocycles. The van der Waals surface area contributed by atoms with Crippen LogP contribution in [0.1, 0.15) is 6.92 Å². The number of benzene rings is 3. The van der Waals surface area contributed by atoms with E-state index in [2.05, 4.69) is 20.8 Å². The molecular formula is C27H26N4O4. The lowest BCUT2D eigenvalue weighted by molar-refractivity contribution is 0.246. The van der Waals surface area contributed by atoms with Crippen LogP contribution in [0.25, 0.3) is 11.3 Å². The maximum absolute atomic E-state index is 12.1. The van der Waals surface area contributed by atoms with Crippen molar-refractivity contribution in [2.24, 2.45) is 0 Å². The van der Waals surface area contributed by atoms with Crippen LogP contribution in [0, 0.1) is 0 Å². The number of anilines is 1. The van der Waals surface area contributed by atoms with E-state index in [1.807, 2.05) is 67.6 Å². The molecule has 4 aromatic rings. The lowest BCUT2D eigenvalue weighted by atomic mass is 10.1. The fourth-order valence-corrected chi connectivity index (χ4v) is 3.17. The van der Waals surface area contributed by atoms with Gasteiger partial charge >= 0.3 is 6.03 Å². The fourth-order valence-electron chi connectivity index (χ4n) is 3.17. The number of aromatic nitrogens is 2. The summed E-state index contributed by atoms with van der Waals surface area (Å²) in [6.45, 7) is 3.14. The molecule has 8 heteroatoms. The minimum atomic E-state index is -0.331. The Morgan fingerprint density at radius 3 is 2.17 bits per heavy atom. The number of carbonyl (C=O) groups excluding carboxylic acids is 1. The van der Waals surface area contributed by atoms with Crippen molar-refractivity contribution >= 4 is 11.7 Å². The molecule has 0 spiro atoms. The molecule has 35 heavy (non-hydrogen) atoms. The number of ether oxygens (including phenoxy) is 3. The van der Waals surface area contributed by atoms with Gasteiger partial charge in [-0.2, -0.15) is 0 Å². The summed E-state index contributed by atoms with van der Waals surface area (Å²) in [4.78, 5) is 12.1. The van der Waals surface area contributed by atoms with E-state index in [0.29, 0.717) is 30.5 Å². The first-order chi connectivity index (χ1) is 17.2. The van der Waals surface area contributed by atoms with Gasteiger partial charge in [0.1, 0.15) is 23.9 Å². The molecule has 0 aliphatic carbocycles. The first-order valence-electron chi connectivity index (χ1n) is 11.3. The number of para-hydroxylation sites is 1. The number of nitrogens with zero attached hydrogens (tertiary/aromatic N) is 2. The number of urea groups is 1. The second-order valence-electron chi connectivity index (χ2n) is 7.38. The Morgan fingerprint density at radius 2 is 1.49 bits per heavy atom. The number of amides is 2. The molecule has 2 N–H and O–H groups in total. The Labute approximate surface area is 203 Å². The first kappa shape index (κ1) is 23.6. The topological polar surface area (TPSA) is 94.6 Å². The van der Waals surface area contributed by atoms with E-state index in [1.165, 1.54) is 0 Å². The molecule has 0 saturated carbocycles. The summed E-state index contributed by atoms with van der Waals surface area (Å²) in [6.07, 6.45) is 0. The van der Waals surface area contributed by atoms with Gasteiger partial charge < -0.3 is 24.8 Å². The highest BCUT2D eigenvalue weighted by molar-refractivity contribution is 5.89. The zero-order chi connectivity index (χ0) is 24.3. The monoisotopic (exact) mass is 470 g/mol. The molecule has 0 atom stereocenters.